The molecule has 6 nitrogen and oxygen atoms in total. The molecule has 0 spiro atoms. The van der Waals surface area contributed by atoms with Crippen LogP contribution >= 0.6 is 39.5 Å². The summed E-state index contributed by atoms with van der Waals surface area (Å²) in [5.74, 6) is 0. The van der Waals surface area contributed by atoms with Gasteiger partial charge in [0.2, 0.25) is 0 Å². The molecule has 2 aliphatic heterocycles. The minimum Gasteiger partial charge on any atom is -1.00 e. The van der Waals surface area contributed by atoms with Gasteiger partial charge in [-0.1, -0.05) is 149 Å². The van der Waals surface area contributed by atoms with E-state index in [2.05, 4.69) is 270 Å². The Morgan fingerprint density at radius 1 is 0.355 bits per heavy atom. The largest absolute Gasteiger partial charge is 1.00 e. The molecule has 0 aliphatic carbocycles. The lowest BCUT2D eigenvalue weighted by Gasteiger charge is -2.32. The van der Waals surface area contributed by atoms with Crippen molar-refractivity contribution in [2.45, 2.75) is 64.9 Å². The number of anilines is 4. The number of fused-ring (bicyclic) bond motifs is 4. The molecule has 0 saturated heterocycles. The van der Waals surface area contributed by atoms with Gasteiger partial charge in [0, 0.05) is 104 Å². The molecule has 380 valence electrons. The van der Waals surface area contributed by atoms with Gasteiger partial charge in [0.05, 0.1) is 22.7 Å². The third-order valence-corrected chi connectivity index (χ3v) is 16.1. The second-order valence-electron chi connectivity index (χ2n) is 18.5. The van der Waals surface area contributed by atoms with Crippen LogP contribution in [0.5, 0.6) is 0 Å². The number of rotatable bonds is 15. The topological polar surface area (TPSA) is 31.0 Å². The number of para-hydroxylation sites is 4. The van der Waals surface area contributed by atoms with Crippen molar-refractivity contribution in [2.24, 2.45) is 0 Å². The van der Waals surface area contributed by atoms with Crippen LogP contribution in [0.4, 0.5) is 22.7 Å². The second-order valence-corrected chi connectivity index (χ2v) is 21.5. The maximum absolute atomic E-state index is 4.04. The molecule has 0 unspecified atom stereocenters. The minimum atomic E-state index is 0. The zero-order valence-corrected chi connectivity index (χ0v) is 47.4. The Balaban J connectivity index is 0.000000152. The fraction of sp³-hybridized carbons (Fsp3) is 0.152. The van der Waals surface area contributed by atoms with E-state index in [4.69, 9.17) is 0 Å². The summed E-state index contributed by atoms with van der Waals surface area (Å²) in [5.41, 5.74) is 12.9. The van der Waals surface area contributed by atoms with Crippen LogP contribution in [-0.2, 0) is 19.6 Å². The number of hydrogen-bond donors (Lipinski definition) is 0. The molecule has 2 aliphatic rings. The SMILES string of the molecule is BrCCCCN1c2ccccc2Sc2ccccc21.[Br-].c1ccc(C[n+]2ccc(-c3cc[n+](CCCCN4c5ccccc5Sc5ccccc54)cc3)cc2)cc1.c1ccc(C[n+]2ccc(-c3ccncc3)cc2)cc1. The summed E-state index contributed by atoms with van der Waals surface area (Å²) in [6.07, 6.45) is 21.3. The number of aromatic nitrogens is 4. The lowest BCUT2D eigenvalue weighted by Crippen LogP contribution is -3.00. The highest BCUT2D eigenvalue weighted by Gasteiger charge is 2.24. The van der Waals surface area contributed by atoms with Crippen LogP contribution in [0.3, 0.4) is 0 Å². The molecule has 4 aromatic heterocycles. The van der Waals surface area contributed by atoms with Gasteiger partial charge in [-0.2, -0.15) is 0 Å². The number of hydrogen-bond acceptors (Lipinski definition) is 5. The van der Waals surface area contributed by atoms with E-state index in [0.29, 0.717) is 0 Å². The lowest BCUT2D eigenvalue weighted by molar-refractivity contribution is -0.697. The maximum atomic E-state index is 4.04. The summed E-state index contributed by atoms with van der Waals surface area (Å²) in [5, 5.41) is 1.08. The molecule has 12 rings (SSSR count). The van der Waals surface area contributed by atoms with E-state index >= 15 is 0 Å². The minimum absolute atomic E-state index is 0. The lowest BCUT2D eigenvalue weighted by atomic mass is 10.1. The van der Waals surface area contributed by atoms with Crippen molar-refractivity contribution in [1.82, 2.24) is 4.98 Å². The highest BCUT2D eigenvalue weighted by Crippen LogP contribution is 2.49. The number of unbranched alkanes of at least 4 members (excludes halogenated alkanes) is 2. The van der Waals surface area contributed by atoms with Gasteiger partial charge in [-0.15, -0.1) is 0 Å². The van der Waals surface area contributed by atoms with E-state index in [1.54, 1.807) is 0 Å². The van der Waals surface area contributed by atoms with Crippen molar-refractivity contribution >= 4 is 62.2 Å². The van der Waals surface area contributed by atoms with E-state index in [1.807, 2.05) is 54.1 Å². The zero-order valence-electron chi connectivity index (χ0n) is 42.6. The first kappa shape index (κ1) is 54.0. The Bertz CT molecular complexity index is 3260. The van der Waals surface area contributed by atoms with Crippen LogP contribution in [0.25, 0.3) is 22.3 Å². The van der Waals surface area contributed by atoms with E-state index < -0.39 is 0 Å². The van der Waals surface area contributed by atoms with Gasteiger partial charge in [0.25, 0.3) is 0 Å². The van der Waals surface area contributed by atoms with Crippen LogP contribution in [0, 0.1) is 0 Å². The Kier molecular flexibility index (Phi) is 19.8. The van der Waals surface area contributed by atoms with Gasteiger partial charge < -0.3 is 26.8 Å². The van der Waals surface area contributed by atoms with Crippen LogP contribution in [0.1, 0.15) is 36.8 Å². The normalized spacial score (nSPS) is 11.8. The summed E-state index contributed by atoms with van der Waals surface area (Å²) in [4.78, 5) is 14.4. The average molecular weight is 1160 g/mol. The van der Waals surface area contributed by atoms with Gasteiger partial charge in [-0.3, -0.25) is 4.98 Å². The molecular weight excluding hydrogens is 1100 g/mol. The predicted octanol–water partition coefficient (Wildman–Crippen LogP) is 12.6. The van der Waals surface area contributed by atoms with Crippen molar-refractivity contribution in [2.75, 3.05) is 28.2 Å². The Hall–Kier alpha value is -6.82. The first-order chi connectivity index (χ1) is 37.1. The summed E-state index contributed by atoms with van der Waals surface area (Å²) in [7, 11) is 0. The summed E-state index contributed by atoms with van der Waals surface area (Å²) in [6, 6.07) is 73.1. The van der Waals surface area contributed by atoms with Crippen LogP contribution < -0.4 is 40.5 Å². The molecule has 0 fully saturated rings. The van der Waals surface area contributed by atoms with Crippen LogP contribution in [0.15, 0.2) is 275 Å². The molecule has 0 saturated carbocycles. The van der Waals surface area contributed by atoms with Crippen LogP contribution in [-0.4, -0.2) is 23.4 Å². The van der Waals surface area contributed by atoms with Crippen molar-refractivity contribution in [3.8, 4) is 22.3 Å². The van der Waals surface area contributed by atoms with Gasteiger partial charge in [0.15, 0.2) is 50.3 Å². The molecule has 10 aromatic rings. The number of nitrogens with zero attached hydrogens (tertiary/aromatic N) is 6. The summed E-state index contributed by atoms with van der Waals surface area (Å²) >= 11 is 7.27. The van der Waals surface area contributed by atoms with E-state index in [1.165, 1.54) is 88.6 Å². The van der Waals surface area contributed by atoms with E-state index in [9.17, 15) is 0 Å². The van der Waals surface area contributed by atoms with E-state index in [0.717, 1.165) is 50.9 Å². The maximum Gasteiger partial charge on any atom is 0.173 e. The van der Waals surface area contributed by atoms with Gasteiger partial charge >= 0.3 is 0 Å². The molecule has 6 aromatic carbocycles. The van der Waals surface area contributed by atoms with E-state index in [-0.39, 0.29) is 17.0 Å². The molecule has 0 amide bonds. The summed E-state index contributed by atoms with van der Waals surface area (Å²) < 4.78 is 6.70. The Labute approximate surface area is 476 Å². The standard InChI is InChI=1S/C33H31N3S.C17H15N2.C16H16BrNS.BrH/c1-2-10-27(11-3-1)26-35-24-18-29(19-25-35)28-16-22-34(23-17-28)20-8-9-21-36-30-12-4-6-14-32(30)37-33-15-7-5-13-31(33)36;1-2-4-15(5-3-1)14-19-12-8-17(9-13-19)16-6-10-18-11-7-16;17-11-5-6-12-18-13-7-1-3-9-15(13)19-16-10-4-2-8-14(16)18;/h1-7,10-19,22-25H,8-9,20-21,26H2;1-13H,14H2;1-4,7-10H,5-6,11-12H2;1H/q+2;+1;;/p-1. The van der Waals surface area contributed by atoms with Crippen LogP contribution in [0.2, 0.25) is 0 Å². The molecular formula is C66H62Br2N6S2+2. The van der Waals surface area contributed by atoms with Crippen molar-refractivity contribution in [3.63, 3.8) is 0 Å². The molecule has 6 heterocycles. The Morgan fingerprint density at radius 2 is 0.684 bits per heavy atom. The highest BCUT2D eigenvalue weighted by atomic mass is 79.9. The fourth-order valence-corrected chi connectivity index (χ4v) is 12.0. The van der Waals surface area contributed by atoms with Crippen molar-refractivity contribution in [3.05, 3.63) is 267 Å². The molecule has 0 N–H and O–H groups in total. The quantitative estimate of drug-likeness (QED) is 0.0580. The number of benzene rings is 6. The second kappa shape index (κ2) is 27.8. The Morgan fingerprint density at radius 3 is 1.07 bits per heavy atom. The summed E-state index contributed by atoms with van der Waals surface area (Å²) in [6.45, 7) is 4.93. The molecule has 0 atom stereocenters. The smallest absolute Gasteiger partial charge is 0.173 e. The molecule has 0 radical (unpaired) electrons. The third-order valence-electron chi connectivity index (χ3n) is 13.3. The first-order valence-corrected chi connectivity index (χ1v) is 28.7. The zero-order chi connectivity index (χ0) is 50.9. The molecule has 76 heavy (non-hydrogen) atoms. The fourth-order valence-electron chi connectivity index (χ4n) is 9.41. The highest BCUT2D eigenvalue weighted by molar-refractivity contribution is 9.09. The van der Waals surface area contributed by atoms with Gasteiger partial charge in [-0.05, 0) is 102 Å². The van der Waals surface area contributed by atoms with Gasteiger partial charge in [-0.25, -0.2) is 13.7 Å². The monoisotopic (exact) mass is 1160 g/mol. The van der Waals surface area contributed by atoms with Crippen molar-refractivity contribution in [1.29, 1.82) is 0 Å². The number of halogens is 2. The molecule has 0 bridgehead atoms. The predicted molar refractivity (Wildman–Crippen MR) is 314 cm³/mol. The molecule has 10 heteroatoms. The number of alkyl halides is 1. The van der Waals surface area contributed by atoms with Gasteiger partial charge in [0.1, 0.15) is 6.54 Å². The number of pyridine rings is 4. The van der Waals surface area contributed by atoms with Crippen molar-refractivity contribution < 1.29 is 30.7 Å². The first-order valence-electron chi connectivity index (χ1n) is 25.9. The third kappa shape index (κ3) is 14.4. The number of aryl methyl sites for hydroxylation is 1. The average Bonchev–Trinajstić information content (AvgIpc) is 3.48.